The molecular weight excluding hydrogens is 450 g/mol. The number of benzene rings is 2. The number of aliphatic hydroxyl groups is 1. The molecule has 3 rings (SSSR count). The van der Waals surface area contributed by atoms with Gasteiger partial charge in [-0.1, -0.05) is 96.1 Å². The largest absolute Gasteiger partial charge is 0.546 e. The highest BCUT2D eigenvalue weighted by molar-refractivity contribution is 6.77. The Morgan fingerprint density at radius 2 is 1.64 bits per heavy atom. The van der Waals surface area contributed by atoms with E-state index in [2.05, 4.69) is 48.1 Å². The highest BCUT2D eigenvalue weighted by Gasteiger charge is 2.52. The quantitative estimate of drug-likeness (QED) is 0.302. The molecule has 0 spiro atoms. The fourth-order valence-corrected chi connectivity index (χ4v) is 11.0. The summed E-state index contributed by atoms with van der Waals surface area (Å²) in [4.78, 5) is 15.3. The monoisotopic (exact) mass is 485 g/mol. The molecule has 1 aliphatic rings. The molecule has 0 fully saturated rings. The Balaban J connectivity index is 1.95. The molecule has 0 unspecified atom stereocenters. The van der Waals surface area contributed by atoms with Crippen LogP contribution in [-0.4, -0.2) is 19.3 Å². The van der Waals surface area contributed by atoms with Crippen molar-refractivity contribution in [2.45, 2.75) is 76.7 Å². The number of anilines is 1. The summed E-state index contributed by atoms with van der Waals surface area (Å²) in [6.07, 6.45) is 0.0205. The number of fused-ring (bicyclic) bond motifs is 1. The van der Waals surface area contributed by atoms with Gasteiger partial charge < -0.3 is 14.4 Å². The molecule has 1 amide bonds. The van der Waals surface area contributed by atoms with Gasteiger partial charge in [0.15, 0.2) is 5.60 Å². The zero-order chi connectivity index (χ0) is 24.6. The van der Waals surface area contributed by atoms with Gasteiger partial charge in [-0.25, -0.2) is 0 Å². The van der Waals surface area contributed by atoms with Crippen LogP contribution < -0.4 is 4.90 Å². The standard InChI is InChI=1S/C27H36ClNO3Si/c1-18(2)33(19(3)4,20(5)6)32-21(7)16-27(31)24-14-13-23(28)15-25(24)29(26(27)30)17-22-11-9-8-10-12-22/h8-15,18-20,31H,7,16-17H2,1-6H3/t27-/m1/s1. The van der Waals surface area contributed by atoms with Crippen molar-refractivity contribution in [1.82, 2.24) is 0 Å². The number of amides is 1. The normalized spacial score (nSPS) is 18.4. The minimum absolute atomic E-state index is 0.0205. The van der Waals surface area contributed by atoms with Crippen LogP contribution in [0.3, 0.4) is 0 Å². The van der Waals surface area contributed by atoms with E-state index in [1.807, 2.05) is 30.3 Å². The summed E-state index contributed by atoms with van der Waals surface area (Å²) in [6, 6.07) is 14.9. The molecule has 1 N–H and O–H groups in total. The third-order valence-electron chi connectivity index (χ3n) is 6.96. The number of hydrogen-bond acceptors (Lipinski definition) is 3. The molecule has 2 aromatic carbocycles. The zero-order valence-corrected chi connectivity index (χ0v) is 22.3. The number of rotatable bonds is 9. The third kappa shape index (κ3) is 4.64. The number of carbonyl (C=O) groups is 1. The molecule has 6 heteroatoms. The van der Waals surface area contributed by atoms with Gasteiger partial charge in [-0.05, 0) is 34.3 Å². The van der Waals surface area contributed by atoms with Crippen molar-refractivity contribution in [3.05, 3.63) is 77.0 Å². The molecule has 0 bridgehead atoms. The number of hydrogen-bond donors (Lipinski definition) is 1. The van der Waals surface area contributed by atoms with Crippen molar-refractivity contribution in [1.29, 1.82) is 0 Å². The Bertz CT molecular complexity index is 1000. The molecule has 4 nitrogen and oxygen atoms in total. The van der Waals surface area contributed by atoms with Crippen LogP contribution in [0, 0.1) is 0 Å². The van der Waals surface area contributed by atoms with Crippen LogP contribution in [-0.2, 0) is 21.4 Å². The summed E-state index contributed by atoms with van der Waals surface area (Å²) in [5.41, 5.74) is 1.50. The molecule has 0 saturated heterocycles. The van der Waals surface area contributed by atoms with E-state index in [0.717, 1.165) is 5.56 Å². The van der Waals surface area contributed by atoms with Gasteiger partial charge >= 0.3 is 0 Å². The molecular formula is C27H36ClNO3Si. The fourth-order valence-electron chi connectivity index (χ4n) is 5.54. The minimum atomic E-state index is -2.25. The van der Waals surface area contributed by atoms with Crippen molar-refractivity contribution >= 4 is 31.5 Å². The maximum atomic E-state index is 13.7. The van der Waals surface area contributed by atoms with Crippen molar-refractivity contribution in [2.75, 3.05) is 4.90 Å². The van der Waals surface area contributed by atoms with Crippen molar-refractivity contribution in [3.63, 3.8) is 0 Å². The van der Waals surface area contributed by atoms with Crippen LogP contribution >= 0.6 is 11.6 Å². The van der Waals surface area contributed by atoms with Gasteiger partial charge in [0.2, 0.25) is 0 Å². The Hall–Kier alpha value is -2.08. The van der Waals surface area contributed by atoms with Crippen LogP contribution in [0.5, 0.6) is 0 Å². The van der Waals surface area contributed by atoms with Crippen molar-refractivity contribution in [2.24, 2.45) is 0 Å². The topological polar surface area (TPSA) is 49.8 Å². The van der Waals surface area contributed by atoms with Gasteiger partial charge in [-0.2, -0.15) is 0 Å². The van der Waals surface area contributed by atoms with Gasteiger partial charge in [0.25, 0.3) is 14.2 Å². The van der Waals surface area contributed by atoms with Gasteiger partial charge in [-0.3, -0.25) is 4.79 Å². The first-order valence-corrected chi connectivity index (χ1v) is 14.2. The van der Waals surface area contributed by atoms with Crippen LogP contribution in [0.15, 0.2) is 60.9 Å². The summed E-state index contributed by atoms with van der Waals surface area (Å²) >= 11 is 6.27. The van der Waals surface area contributed by atoms with E-state index in [0.29, 0.717) is 45.2 Å². The Morgan fingerprint density at radius 3 is 2.18 bits per heavy atom. The molecule has 0 saturated carbocycles. The maximum Gasteiger partial charge on any atom is 0.264 e. The average Bonchev–Trinajstić information content (AvgIpc) is 2.93. The molecule has 0 radical (unpaired) electrons. The molecule has 0 aliphatic carbocycles. The number of halogens is 1. The molecule has 33 heavy (non-hydrogen) atoms. The van der Waals surface area contributed by atoms with Gasteiger partial charge in [0.05, 0.1) is 18.0 Å². The van der Waals surface area contributed by atoms with Gasteiger partial charge in [-0.15, -0.1) is 0 Å². The smallest absolute Gasteiger partial charge is 0.264 e. The average molecular weight is 486 g/mol. The molecule has 0 aromatic heterocycles. The Morgan fingerprint density at radius 1 is 1.06 bits per heavy atom. The summed E-state index contributed by atoms with van der Waals surface area (Å²) in [6.45, 7) is 17.8. The first kappa shape index (κ1) is 25.5. The highest BCUT2D eigenvalue weighted by atomic mass is 35.5. The first-order chi connectivity index (χ1) is 15.4. The van der Waals surface area contributed by atoms with E-state index in [9.17, 15) is 9.90 Å². The first-order valence-electron chi connectivity index (χ1n) is 11.7. The van der Waals surface area contributed by atoms with E-state index < -0.39 is 13.9 Å². The second kappa shape index (κ2) is 9.65. The Kier molecular flexibility index (Phi) is 7.47. The Labute approximate surface area is 204 Å². The minimum Gasteiger partial charge on any atom is -0.546 e. The lowest BCUT2D eigenvalue weighted by molar-refractivity contribution is -0.136. The second-order valence-corrected chi connectivity index (χ2v) is 15.8. The van der Waals surface area contributed by atoms with E-state index in [-0.39, 0.29) is 12.3 Å². The van der Waals surface area contributed by atoms with E-state index in [4.69, 9.17) is 16.0 Å². The van der Waals surface area contributed by atoms with E-state index in [1.165, 1.54) is 0 Å². The van der Waals surface area contributed by atoms with Gasteiger partial charge in [0.1, 0.15) is 0 Å². The molecule has 1 aliphatic heterocycles. The van der Waals surface area contributed by atoms with Crippen LogP contribution in [0.1, 0.15) is 59.1 Å². The van der Waals surface area contributed by atoms with Crippen LogP contribution in [0.25, 0.3) is 0 Å². The number of nitrogens with zero attached hydrogens (tertiary/aromatic N) is 1. The van der Waals surface area contributed by atoms with E-state index >= 15 is 0 Å². The van der Waals surface area contributed by atoms with Gasteiger partial charge in [0, 0.05) is 17.0 Å². The highest BCUT2D eigenvalue weighted by Crippen LogP contribution is 2.48. The molecule has 1 heterocycles. The lowest BCUT2D eigenvalue weighted by atomic mass is 9.91. The van der Waals surface area contributed by atoms with Crippen LogP contribution in [0.4, 0.5) is 5.69 Å². The second-order valence-electron chi connectivity index (χ2n) is 10.0. The van der Waals surface area contributed by atoms with E-state index in [1.54, 1.807) is 23.1 Å². The summed E-state index contributed by atoms with van der Waals surface area (Å²) in [5.74, 6) is 0.0929. The lowest BCUT2D eigenvalue weighted by Gasteiger charge is -2.43. The SMILES string of the molecule is C=C(C[C@]1(O)C(=O)N(Cc2ccccc2)c2cc(Cl)ccc21)O[Si](C(C)C)(C(C)C)C(C)C. The summed E-state index contributed by atoms with van der Waals surface area (Å²) in [7, 11) is -2.25. The predicted molar refractivity (Wildman–Crippen MR) is 139 cm³/mol. The molecule has 2 aromatic rings. The summed E-state index contributed by atoms with van der Waals surface area (Å²) in [5, 5.41) is 12.3. The van der Waals surface area contributed by atoms with Crippen molar-refractivity contribution in [3.8, 4) is 0 Å². The van der Waals surface area contributed by atoms with Crippen molar-refractivity contribution < 1.29 is 14.3 Å². The summed E-state index contributed by atoms with van der Waals surface area (Å²) < 4.78 is 6.68. The maximum absolute atomic E-state index is 13.7. The van der Waals surface area contributed by atoms with Crippen LogP contribution in [0.2, 0.25) is 21.6 Å². The fraction of sp³-hybridized carbons (Fsp3) is 0.444. The predicted octanol–water partition coefficient (Wildman–Crippen LogP) is 7.17. The third-order valence-corrected chi connectivity index (χ3v) is 13.3. The number of carbonyl (C=O) groups excluding carboxylic acids is 1. The molecule has 1 atom stereocenters. The zero-order valence-electron chi connectivity index (χ0n) is 20.6. The molecule has 178 valence electrons. The lowest BCUT2D eigenvalue weighted by Crippen LogP contribution is -2.48.